The molecule has 36 heavy (non-hydrogen) atoms. The van der Waals surface area contributed by atoms with E-state index in [1.807, 2.05) is 37.3 Å². The van der Waals surface area contributed by atoms with Crippen molar-refractivity contribution in [2.45, 2.75) is 46.0 Å². The number of anilines is 2. The first kappa shape index (κ1) is 25.6. The lowest BCUT2D eigenvalue weighted by Gasteiger charge is -2.28. The van der Waals surface area contributed by atoms with Gasteiger partial charge < -0.3 is 26.2 Å². The van der Waals surface area contributed by atoms with Crippen LogP contribution in [0.1, 0.15) is 53.9 Å². The summed E-state index contributed by atoms with van der Waals surface area (Å²) in [5, 5.41) is 13.9. The highest BCUT2D eigenvalue weighted by Crippen LogP contribution is 2.30. The molecule has 1 aliphatic carbocycles. The molecule has 4 rings (SSSR count). The second kappa shape index (κ2) is 12.5. The van der Waals surface area contributed by atoms with Crippen LogP contribution in [0.2, 0.25) is 0 Å². The fourth-order valence-electron chi connectivity index (χ4n) is 4.71. The molecule has 0 aliphatic heterocycles. The number of rotatable bonds is 11. The van der Waals surface area contributed by atoms with Gasteiger partial charge in [-0.25, -0.2) is 4.98 Å². The summed E-state index contributed by atoms with van der Waals surface area (Å²) in [7, 11) is 0. The third-order valence-corrected chi connectivity index (χ3v) is 7.00. The zero-order chi connectivity index (χ0) is 25.3. The molecule has 1 aliphatic rings. The van der Waals surface area contributed by atoms with E-state index in [1.165, 1.54) is 19.3 Å². The summed E-state index contributed by atoms with van der Waals surface area (Å²) < 4.78 is 5.05. The van der Waals surface area contributed by atoms with E-state index in [-0.39, 0.29) is 5.91 Å². The van der Waals surface area contributed by atoms with E-state index in [0.29, 0.717) is 23.2 Å². The Labute approximate surface area is 212 Å². The van der Waals surface area contributed by atoms with Crippen molar-refractivity contribution in [1.29, 1.82) is 0 Å². The van der Waals surface area contributed by atoms with Gasteiger partial charge in [-0.15, -0.1) is 0 Å². The van der Waals surface area contributed by atoms with Crippen molar-refractivity contribution >= 4 is 17.4 Å². The van der Waals surface area contributed by atoms with Crippen LogP contribution in [0.15, 0.2) is 41.1 Å². The van der Waals surface area contributed by atoms with Gasteiger partial charge in [0.15, 0.2) is 0 Å². The average molecular weight is 492 g/mol. The minimum atomic E-state index is -0.0550. The number of carbonyl (C=O) groups excluding carboxylic acids is 1. The van der Waals surface area contributed by atoms with Crippen molar-refractivity contribution in [3.05, 3.63) is 53.5 Å². The number of amides is 1. The normalized spacial score (nSPS) is 17.6. The Hall–Kier alpha value is -3.46. The zero-order valence-electron chi connectivity index (χ0n) is 21.2. The number of nitrogens with two attached hydrogens (primary N) is 1. The van der Waals surface area contributed by atoms with Gasteiger partial charge in [0.1, 0.15) is 5.82 Å². The predicted molar refractivity (Wildman–Crippen MR) is 142 cm³/mol. The molecule has 0 bridgehead atoms. The second-order valence-electron chi connectivity index (χ2n) is 9.65. The number of nitrogens with one attached hydrogen (secondary N) is 3. The first-order valence-electron chi connectivity index (χ1n) is 12.8. The molecule has 2 heterocycles. The van der Waals surface area contributed by atoms with Gasteiger partial charge in [0.05, 0.1) is 0 Å². The molecule has 1 amide bonds. The van der Waals surface area contributed by atoms with E-state index in [9.17, 15) is 4.79 Å². The quantitative estimate of drug-likeness (QED) is 0.297. The van der Waals surface area contributed by atoms with Crippen molar-refractivity contribution < 1.29 is 9.32 Å². The first-order chi connectivity index (χ1) is 17.5. The number of aryl methyl sites for hydroxylation is 1. The van der Waals surface area contributed by atoms with E-state index < -0.39 is 0 Å². The molecular formula is C27H37N7O2. The number of hydrogen-bond acceptors (Lipinski definition) is 8. The molecule has 2 aromatic heterocycles. The van der Waals surface area contributed by atoms with Crippen LogP contribution in [0.4, 0.5) is 11.5 Å². The molecule has 3 aromatic rings. The largest absolute Gasteiger partial charge is 0.398 e. The minimum Gasteiger partial charge on any atom is -0.398 e. The molecule has 0 saturated heterocycles. The summed E-state index contributed by atoms with van der Waals surface area (Å²) in [5.41, 5.74) is 9.09. The van der Waals surface area contributed by atoms with Crippen molar-refractivity contribution in [3.63, 3.8) is 0 Å². The SMILES string of the molecule is Cc1nc(-c2cccc(C(=O)NCC3CCC(CCNCCNc4nccc(N)c4C)CC3)c2)no1. The monoisotopic (exact) mass is 491 g/mol. The Kier molecular flexibility index (Phi) is 8.89. The van der Waals surface area contributed by atoms with E-state index in [4.69, 9.17) is 10.3 Å². The fourth-order valence-corrected chi connectivity index (χ4v) is 4.71. The summed E-state index contributed by atoms with van der Waals surface area (Å²) in [4.78, 5) is 21.3. The molecule has 0 atom stereocenters. The molecule has 0 radical (unpaired) electrons. The van der Waals surface area contributed by atoms with Gasteiger partial charge >= 0.3 is 0 Å². The maximum absolute atomic E-state index is 12.7. The number of carbonyl (C=O) groups is 1. The van der Waals surface area contributed by atoms with Crippen molar-refractivity contribution in [2.75, 3.05) is 37.2 Å². The first-order valence-corrected chi connectivity index (χ1v) is 12.8. The molecule has 1 fully saturated rings. The molecule has 0 unspecified atom stereocenters. The van der Waals surface area contributed by atoms with Gasteiger partial charge in [-0.05, 0) is 62.8 Å². The van der Waals surface area contributed by atoms with E-state index in [0.717, 1.165) is 67.6 Å². The van der Waals surface area contributed by atoms with Gasteiger partial charge in [0, 0.05) is 55.1 Å². The molecule has 9 heteroatoms. The highest BCUT2D eigenvalue weighted by molar-refractivity contribution is 5.95. The molecule has 5 N–H and O–H groups in total. The number of nitrogen functional groups attached to an aromatic ring is 1. The van der Waals surface area contributed by atoms with Crippen LogP contribution in [0, 0.1) is 25.7 Å². The van der Waals surface area contributed by atoms with Gasteiger partial charge in [-0.1, -0.05) is 30.1 Å². The Morgan fingerprint density at radius 1 is 1.08 bits per heavy atom. The van der Waals surface area contributed by atoms with Crippen molar-refractivity contribution in [3.8, 4) is 11.4 Å². The maximum atomic E-state index is 12.7. The Balaban J connectivity index is 1.09. The average Bonchev–Trinajstić information content (AvgIpc) is 3.34. The lowest BCUT2D eigenvalue weighted by Crippen LogP contribution is -2.32. The zero-order valence-corrected chi connectivity index (χ0v) is 21.2. The van der Waals surface area contributed by atoms with Gasteiger partial charge in [0.2, 0.25) is 11.7 Å². The highest BCUT2D eigenvalue weighted by atomic mass is 16.5. The summed E-state index contributed by atoms with van der Waals surface area (Å²) in [6.45, 7) is 7.19. The summed E-state index contributed by atoms with van der Waals surface area (Å²) in [5.74, 6) is 3.10. The van der Waals surface area contributed by atoms with Crippen molar-refractivity contribution in [2.24, 2.45) is 11.8 Å². The number of benzene rings is 1. The molecule has 0 spiro atoms. The number of pyridine rings is 1. The van der Waals surface area contributed by atoms with E-state index in [2.05, 4.69) is 31.1 Å². The Morgan fingerprint density at radius 2 is 1.89 bits per heavy atom. The minimum absolute atomic E-state index is 0.0550. The topological polar surface area (TPSA) is 131 Å². The maximum Gasteiger partial charge on any atom is 0.251 e. The molecule has 192 valence electrons. The number of aromatic nitrogens is 3. The number of nitrogens with zero attached hydrogens (tertiary/aromatic N) is 3. The Morgan fingerprint density at radius 3 is 2.67 bits per heavy atom. The highest BCUT2D eigenvalue weighted by Gasteiger charge is 2.21. The lowest BCUT2D eigenvalue weighted by atomic mass is 9.80. The summed E-state index contributed by atoms with van der Waals surface area (Å²) in [6, 6.07) is 9.18. The fraction of sp³-hybridized carbons (Fsp3) is 0.481. The standard InChI is InChI=1S/C27H37N7O2/c1-18-24(28)11-13-30-25(18)31-15-14-29-12-10-20-6-8-21(9-7-20)17-32-27(35)23-5-3-4-22(16-23)26-33-19(2)36-34-26/h3-5,11,13,16,20-21,29H,6-10,12,14-15,17H2,1-2H3,(H,32,35)(H3,28,30,31). The van der Waals surface area contributed by atoms with E-state index in [1.54, 1.807) is 13.1 Å². The molecule has 1 saturated carbocycles. The van der Waals surface area contributed by atoms with Crippen molar-refractivity contribution in [1.82, 2.24) is 25.8 Å². The van der Waals surface area contributed by atoms with Crippen LogP contribution in [-0.2, 0) is 0 Å². The van der Waals surface area contributed by atoms with Crippen LogP contribution < -0.4 is 21.7 Å². The predicted octanol–water partition coefficient (Wildman–Crippen LogP) is 3.96. The number of hydrogen-bond donors (Lipinski definition) is 4. The van der Waals surface area contributed by atoms with E-state index >= 15 is 0 Å². The van der Waals surface area contributed by atoms with Crippen LogP contribution >= 0.6 is 0 Å². The van der Waals surface area contributed by atoms with Gasteiger partial charge in [-0.3, -0.25) is 4.79 Å². The third-order valence-electron chi connectivity index (χ3n) is 7.00. The van der Waals surface area contributed by atoms with Crippen LogP contribution in [-0.4, -0.2) is 47.2 Å². The summed E-state index contributed by atoms with van der Waals surface area (Å²) >= 11 is 0. The van der Waals surface area contributed by atoms with Crippen LogP contribution in [0.25, 0.3) is 11.4 Å². The molecule has 9 nitrogen and oxygen atoms in total. The van der Waals surface area contributed by atoms with Crippen LogP contribution in [0.5, 0.6) is 0 Å². The third kappa shape index (κ3) is 7.04. The smallest absolute Gasteiger partial charge is 0.251 e. The molecule has 1 aromatic carbocycles. The summed E-state index contributed by atoms with van der Waals surface area (Å²) in [6.07, 6.45) is 7.69. The van der Waals surface area contributed by atoms with Crippen LogP contribution in [0.3, 0.4) is 0 Å². The van der Waals surface area contributed by atoms with Gasteiger partial charge in [0.25, 0.3) is 5.91 Å². The Bertz CT molecular complexity index is 1140. The second-order valence-corrected chi connectivity index (χ2v) is 9.65. The molecular weight excluding hydrogens is 454 g/mol. The van der Waals surface area contributed by atoms with Gasteiger partial charge in [-0.2, -0.15) is 4.98 Å². The lowest BCUT2D eigenvalue weighted by molar-refractivity contribution is 0.0941.